The van der Waals surface area contributed by atoms with E-state index in [1.807, 2.05) is 13.8 Å². The second-order valence-electron chi connectivity index (χ2n) is 6.39. The Kier molecular flexibility index (Phi) is 3.71. The van der Waals surface area contributed by atoms with Crippen LogP contribution in [0.3, 0.4) is 0 Å². The van der Waals surface area contributed by atoms with Gasteiger partial charge in [-0.2, -0.15) is 5.10 Å². The van der Waals surface area contributed by atoms with Gasteiger partial charge in [-0.05, 0) is 24.3 Å². The van der Waals surface area contributed by atoms with Crippen molar-refractivity contribution >= 4 is 17.4 Å². The van der Waals surface area contributed by atoms with Crippen molar-refractivity contribution in [1.29, 1.82) is 0 Å². The maximum Gasteiger partial charge on any atom is 0.257 e. The van der Waals surface area contributed by atoms with E-state index < -0.39 is 17.1 Å². The van der Waals surface area contributed by atoms with E-state index in [1.165, 1.54) is 35.4 Å². The lowest BCUT2D eigenvalue weighted by Gasteiger charge is -2.28. The Morgan fingerprint density at radius 2 is 1.96 bits per heavy atom. The zero-order valence-corrected chi connectivity index (χ0v) is 13.3. The lowest BCUT2D eigenvalue weighted by Crippen LogP contribution is -2.36. The minimum absolute atomic E-state index is 0.184. The van der Waals surface area contributed by atoms with Crippen LogP contribution >= 0.6 is 0 Å². The molecule has 1 aromatic carbocycles. The zero-order chi connectivity index (χ0) is 17.5. The second kappa shape index (κ2) is 5.59. The summed E-state index contributed by atoms with van der Waals surface area (Å²) >= 11 is 0. The smallest absolute Gasteiger partial charge is 0.257 e. The molecule has 0 fully saturated rings. The van der Waals surface area contributed by atoms with Gasteiger partial charge in [-0.3, -0.25) is 14.7 Å². The summed E-state index contributed by atoms with van der Waals surface area (Å²) in [7, 11) is 0. The van der Waals surface area contributed by atoms with Gasteiger partial charge in [0, 0.05) is 29.3 Å². The summed E-state index contributed by atoms with van der Waals surface area (Å²) in [6.45, 7) is 4.22. The van der Waals surface area contributed by atoms with Gasteiger partial charge in [-0.1, -0.05) is 13.8 Å². The van der Waals surface area contributed by atoms with Gasteiger partial charge < -0.3 is 10.6 Å². The van der Waals surface area contributed by atoms with Gasteiger partial charge in [0.25, 0.3) is 11.8 Å². The van der Waals surface area contributed by atoms with E-state index in [1.54, 1.807) is 6.20 Å². The molecule has 3 rings (SSSR count). The highest BCUT2D eigenvalue weighted by Gasteiger charge is 2.35. The van der Waals surface area contributed by atoms with E-state index in [4.69, 9.17) is 5.73 Å². The van der Waals surface area contributed by atoms with Gasteiger partial charge in [0.15, 0.2) is 0 Å². The Morgan fingerprint density at radius 3 is 2.58 bits per heavy atom. The molecule has 1 aliphatic heterocycles. The Morgan fingerprint density at radius 1 is 1.29 bits per heavy atom. The molecular formula is C17H17FN4O2. The molecule has 24 heavy (non-hydrogen) atoms. The third-order valence-electron chi connectivity index (χ3n) is 4.11. The highest BCUT2D eigenvalue weighted by atomic mass is 19.1. The zero-order valence-electron chi connectivity index (χ0n) is 13.3. The van der Waals surface area contributed by atoms with E-state index in [-0.39, 0.29) is 11.5 Å². The number of halogens is 1. The normalized spacial score (nSPS) is 16.1. The third kappa shape index (κ3) is 2.68. The number of nitrogens with zero attached hydrogens (tertiary/aromatic N) is 2. The summed E-state index contributed by atoms with van der Waals surface area (Å²) in [6, 6.07) is 5.27. The van der Waals surface area contributed by atoms with Crippen LogP contribution in [0.4, 0.5) is 4.39 Å². The number of primary amides is 1. The van der Waals surface area contributed by atoms with E-state index in [9.17, 15) is 14.0 Å². The van der Waals surface area contributed by atoms with Gasteiger partial charge in [0.05, 0.1) is 17.5 Å². The van der Waals surface area contributed by atoms with E-state index in [0.29, 0.717) is 17.8 Å². The van der Waals surface area contributed by atoms with Crippen LogP contribution in [0.5, 0.6) is 0 Å². The topological polar surface area (TPSA) is 92.1 Å². The molecule has 3 N–H and O–H groups in total. The number of carbonyl (C=O) groups is 2. The number of fused-ring (bicyclic) bond motifs is 1. The minimum Gasteiger partial charge on any atom is -0.365 e. The first-order valence-corrected chi connectivity index (χ1v) is 7.42. The predicted octanol–water partition coefficient (Wildman–Crippen LogP) is 1.81. The molecule has 0 unspecified atom stereocenters. The molecular weight excluding hydrogens is 311 g/mol. The van der Waals surface area contributed by atoms with Crippen LogP contribution in [0.2, 0.25) is 0 Å². The number of amides is 2. The van der Waals surface area contributed by atoms with Crippen LogP contribution in [0.1, 0.15) is 35.5 Å². The summed E-state index contributed by atoms with van der Waals surface area (Å²) in [5.41, 5.74) is 6.86. The molecule has 1 aliphatic rings. The number of nitrogens with one attached hydrogen (secondary N) is 1. The maximum absolute atomic E-state index is 13.1. The van der Waals surface area contributed by atoms with Crippen LogP contribution in [-0.4, -0.2) is 33.5 Å². The summed E-state index contributed by atoms with van der Waals surface area (Å²) in [6.07, 6.45) is 3.07. The molecule has 0 aliphatic carbocycles. The molecule has 7 heteroatoms. The summed E-state index contributed by atoms with van der Waals surface area (Å²) in [4.78, 5) is 26.1. The molecule has 2 amide bonds. The Hall–Kier alpha value is -2.96. The largest absolute Gasteiger partial charge is 0.365 e. The number of carbonyl (C=O) groups excluding carboxylic acids is 2. The van der Waals surface area contributed by atoms with Crippen molar-refractivity contribution in [1.82, 2.24) is 15.1 Å². The molecule has 0 bridgehead atoms. The first-order chi connectivity index (χ1) is 11.3. The number of hydrogen-bond acceptors (Lipinski definition) is 3. The number of rotatable bonds is 2. The molecule has 1 aromatic heterocycles. The Balaban J connectivity index is 2.07. The molecule has 0 radical (unpaired) electrons. The molecule has 124 valence electrons. The van der Waals surface area contributed by atoms with Crippen LogP contribution in [-0.2, 0) is 10.2 Å². The number of benzene rings is 1. The Labute approximate surface area is 138 Å². The van der Waals surface area contributed by atoms with Crippen LogP contribution in [0.25, 0.3) is 5.57 Å². The van der Waals surface area contributed by atoms with Crippen molar-refractivity contribution in [2.75, 3.05) is 6.54 Å². The molecule has 6 nitrogen and oxygen atoms in total. The first-order valence-electron chi connectivity index (χ1n) is 7.42. The van der Waals surface area contributed by atoms with Crippen molar-refractivity contribution in [2.24, 2.45) is 5.73 Å². The van der Waals surface area contributed by atoms with Gasteiger partial charge in [0.2, 0.25) is 0 Å². The highest BCUT2D eigenvalue weighted by Crippen LogP contribution is 2.34. The van der Waals surface area contributed by atoms with Crippen molar-refractivity contribution in [3.8, 4) is 0 Å². The summed E-state index contributed by atoms with van der Waals surface area (Å²) in [5, 5.41) is 6.78. The first kappa shape index (κ1) is 15.9. The molecule has 0 atom stereocenters. The van der Waals surface area contributed by atoms with E-state index in [2.05, 4.69) is 10.2 Å². The Bertz CT molecular complexity index is 837. The van der Waals surface area contributed by atoms with Gasteiger partial charge >= 0.3 is 0 Å². The monoisotopic (exact) mass is 328 g/mol. The molecule has 0 spiro atoms. The van der Waals surface area contributed by atoms with Gasteiger partial charge in [0.1, 0.15) is 5.82 Å². The summed E-state index contributed by atoms with van der Waals surface area (Å²) in [5.74, 6) is -1.41. The van der Waals surface area contributed by atoms with Crippen LogP contribution in [0, 0.1) is 5.82 Å². The molecule has 2 aromatic rings. The number of aromatic amines is 1. The van der Waals surface area contributed by atoms with E-state index >= 15 is 0 Å². The van der Waals surface area contributed by atoms with Crippen molar-refractivity contribution < 1.29 is 14.0 Å². The fourth-order valence-electron chi connectivity index (χ4n) is 2.86. The van der Waals surface area contributed by atoms with Crippen molar-refractivity contribution in [3.05, 3.63) is 59.3 Å². The quantitative estimate of drug-likeness (QED) is 0.880. The average Bonchev–Trinajstić information content (AvgIpc) is 2.97. The lowest BCUT2D eigenvalue weighted by atomic mass is 9.84. The minimum atomic E-state index is -0.657. The average molecular weight is 328 g/mol. The number of nitrogens with two attached hydrogens (primary N) is 1. The molecule has 0 saturated carbocycles. The maximum atomic E-state index is 13.1. The third-order valence-corrected chi connectivity index (χ3v) is 4.11. The molecule has 0 saturated heterocycles. The lowest BCUT2D eigenvalue weighted by molar-refractivity contribution is -0.112. The van der Waals surface area contributed by atoms with Crippen molar-refractivity contribution in [2.45, 2.75) is 19.3 Å². The van der Waals surface area contributed by atoms with Crippen LogP contribution < -0.4 is 5.73 Å². The highest BCUT2D eigenvalue weighted by molar-refractivity contribution is 6.19. The van der Waals surface area contributed by atoms with E-state index in [0.717, 1.165) is 5.56 Å². The van der Waals surface area contributed by atoms with Gasteiger partial charge in [-0.25, -0.2) is 4.39 Å². The number of H-pyrrole nitrogens is 1. The second-order valence-corrected chi connectivity index (χ2v) is 6.39. The molecule has 2 heterocycles. The summed E-state index contributed by atoms with van der Waals surface area (Å²) < 4.78 is 13.1. The van der Waals surface area contributed by atoms with Crippen LogP contribution in [0.15, 0.2) is 36.7 Å². The SMILES string of the molecule is CC1(C)CN(C(=O)c2ccc(F)cc2)C=C(C(N)=O)c2[nH]ncc21. The number of hydrogen-bond donors (Lipinski definition) is 2. The van der Waals surface area contributed by atoms with Gasteiger partial charge in [-0.15, -0.1) is 0 Å². The number of aromatic nitrogens is 2. The predicted molar refractivity (Wildman–Crippen MR) is 86.2 cm³/mol. The van der Waals surface area contributed by atoms with Crippen molar-refractivity contribution in [3.63, 3.8) is 0 Å². The standard InChI is InChI=1S/C17H17FN4O2/c1-17(2)9-22(16(24)10-3-5-11(18)6-4-10)8-12(15(19)23)14-13(17)7-20-21-14/h3-8H,9H2,1-2H3,(H2,19,23)(H,20,21). The fourth-order valence-corrected chi connectivity index (χ4v) is 2.86. The fraction of sp³-hybridized carbons (Fsp3) is 0.235.